The number of hydrogen-bond donors (Lipinski definition) is 1. The number of amides is 1. The molecule has 1 aliphatic rings. The van der Waals surface area contributed by atoms with Crippen molar-refractivity contribution >= 4 is 33.1 Å². The Labute approximate surface area is 126 Å². The minimum Gasteiger partial charge on any atom is -0.326 e. The number of aromatic nitrogens is 1. The average Bonchev–Trinajstić information content (AvgIpc) is 3.13. The van der Waals surface area contributed by atoms with Gasteiger partial charge in [-0.3, -0.25) is 4.79 Å². The van der Waals surface area contributed by atoms with Crippen LogP contribution in [0.2, 0.25) is 0 Å². The molecule has 0 saturated carbocycles. The zero-order valence-corrected chi connectivity index (χ0v) is 12.2. The maximum atomic E-state index is 12.4. The summed E-state index contributed by atoms with van der Waals surface area (Å²) in [6.45, 7) is 0. The summed E-state index contributed by atoms with van der Waals surface area (Å²) < 4.78 is 1.14. The quantitative estimate of drug-likeness (QED) is 0.784. The van der Waals surface area contributed by atoms with E-state index in [0.717, 1.165) is 28.7 Å². The van der Waals surface area contributed by atoms with E-state index in [0.29, 0.717) is 0 Å². The fourth-order valence-electron chi connectivity index (χ4n) is 2.92. The van der Waals surface area contributed by atoms with E-state index in [9.17, 15) is 4.79 Å². The summed E-state index contributed by atoms with van der Waals surface area (Å²) in [5, 5.41) is 3.03. The summed E-state index contributed by atoms with van der Waals surface area (Å²) >= 11 is 1.61. The molecule has 1 amide bonds. The van der Waals surface area contributed by atoms with Crippen LogP contribution in [0, 0.1) is 5.92 Å². The van der Waals surface area contributed by atoms with E-state index < -0.39 is 0 Å². The minimum atomic E-state index is 0.0357. The van der Waals surface area contributed by atoms with Gasteiger partial charge < -0.3 is 5.32 Å². The first-order chi connectivity index (χ1) is 10.3. The van der Waals surface area contributed by atoms with Gasteiger partial charge in [0.05, 0.1) is 15.7 Å². The van der Waals surface area contributed by atoms with Gasteiger partial charge in [-0.1, -0.05) is 24.3 Å². The fourth-order valence-corrected chi connectivity index (χ4v) is 3.58. The number of anilines is 1. The lowest BCUT2D eigenvalue weighted by Gasteiger charge is -2.10. The summed E-state index contributed by atoms with van der Waals surface area (Å²) in [6.07, 6.45) is 1.67. The van der Waals surface area contributed by atoms with Crippen molar-refractivity contribution in [1.82, 2.24) is 4.98 Å². The van der Waals surface area contributed by atoms with E-state index in [1.807, 2.05) is 35.8 Å². The van der Waals surface area contributed by atoms with E-state index >= 15 is 0 Å². The summed E-state index contributed by atoms with van der Waals surface area (Å²) in [5.74, 6) is 0.134. The van der Waals surface area contributed by atoms with E-state index in [2.05, 4.69) is 22.4 Å². The molecule has 2 aromatic carbocycles. The van der Waals surface area contributed by atoms with Gasteiger partial charge in [0.2, 0.25) is 5.91 Å². The molecule has 1 heterocycles. The molecule has 21 heavy (non-hydrogen) atoms. The Morgan fingerprint density at radius 1 is 1.14 bits per heavy atom. The third-order valence-electron chi connectivity index (χ3n) is 4.02. The second-order valence-corrected chi connectivity index (χ2v) is 6.28. The third kappa shape index (κ3) is 2.32. The van der Waals surface area contributed by atoms with E-state index in [1.165, 1.54) is 11.1 Å². The highest BCUT2D eigenvalue weighted by molar-refractivity contribution is 7.16. The Balaban J connectivity index is 1.51. The smallest absolute Gasteiger partial charge is 0.228 e. The molecule has 3 nitrogen and oxygen atoms in total. The second-order valence-electron chi connectivity index (χ2n) is 5.40. The molecule has 0 radical (unpaired) electrons. The van der Waals surface area contributed by atoms with Crippen LogP contribution in [0.5, 0.6) is 0 Å². The van der Waals surface area contributed by atoms with Gasteiger partial charge in [0, 0.05) is 11.6 Å². The summed E-state index contributed by atoms with van der Waals surface area (Å²) in [7, 11) is 0. The van der Waals surface area contributed by atoms with Gasteiger partial charge in [0.15, 0.2) is 0 Å². The Kier molecular flexibility index (Phi) is 2.97. The van der Waals surface area contributed by atoms with Crippen molar-refractivity contribution in [2.75, 3.05) is 5.32 Å². The monoisotopic (exact) mass is 294 g/mol. The molecule has 0 fully saturated rings. The molecule has 3 aromatic rings. The summed E-state index contributed by atoms with van der Waals surface area (Å²) in [4.78, 5) is 16.7. The zero-order valence-electron chi connectivity index (χ0n) is 11.4. The molecule has 4 rings (SSSR count). The highest BCUT2D eigenvalue weighted by atomic mass is 32.1. The fraction of sp³-hybridized carbons (Fsp3) is 0.176. The van der Waals surface area contributed by atoms with E-state index in [4.69, 9.17) is 0 Å². The molecular formula is C17H14N2OS. The number of carbonyl (C=O) groups excluding carboxylic acids is 1. The molecule has 0 atom stereocenters. The molecule has 0 saturated heterocycles. The van der Waals surface area contributed by atoms with Crippen molar-refractivity contribution in [2.45, 2.75) is 12.8 Å². The molecule has 0 bridgehead atoms. The van der Waals surface area contributed by atoms with Crippen LogP contribution in [0.4, 0.5) is 5.69 Å². The van der Waals surface area contributed by atoms with Gasteiger partial charge in [0.25, 0.3) is 0 Å². The van der Waals surface area contributed by atoms with Crippen molar-refractivity contribution in [3.63, 3.8) is 0 Å². The lowest BCUT2D eigenvalue weighted by molar-refractivity contribution is -0.119. The predicted octanol–water partition coefficient (Wildman–Crippen LogP) is 3.65. The maximum absolute atomic E-state index is 12.4. The molecule has 104 valence electrons. The number of rotatable bonds is 2. The van der Waals surface area contributed by atoms with Crippen molar-refractivity contribution in [3.05, 3.63) is 59.1 Å². The number of benzene rings is 2. The lowest BCUT2D eigenvalue weighted by atomic mass is 10.1. The Morgan fingerprint density at radius 3 is 2.67 bits per heavy atom. The first-order valence-corrected chi connectivity index (χ1v) is 7.88. The van der Waals surface area contributed by atoms with Crippen molar-refractivity contribution in [3.8, 4) is 0 Å². The first-order valence-electron chi connectivity index (χ1n) is 7.00. The molecule has 1 N–H and O–H groups in total. The van der Waals surface area contributed by atoms with Crippen LogP contribution >= 0.6 is 11.3 Å². The van der Waals surface area contributed by atoms with Crippen LogP contribution in [0.25, 0.3) is 10.2 Å². The Hall–Kier alpha value is -2.20. The van der Waals surface area contributed by atoms with E-state index in [-0.39, 0.29) is 11.8 Å². The number of fused-ring (bicyclic) bond motifs is 2. The SMILES string of the molecule is O=C(Nc1ccc2scnc2c1)C1Cc2ccccc2C1. The number of thiazole rings is 1. The van der Waals surface area contributed by atoms with Crippen LogP contribution < -0.4 is 5.32 Å². The maximum Gasteiger partial charge on any atom is 0.228 e. The van der Waals surface area contributed by atoms with Crippen molar-refractivity contribution < 1.29 is 4.79 Å². The largest absolute Gasteiger partial charge is 0.326 e. The number of carbonyl (C=O) groups is 1. The van der Waals surface area contributed by atoms with Crippen LogP contribution in [0.15, 0.2) is 48.0 Å². The molecule has 0 spiro atoms. The molecule has 1 aliphatic carbocycles. The number of hydrogen-bond acceptors (Lipinski definition) is 3. The van der Waals surface area contributed by atoms with Crippen LogP contribution in [-0.2, 0) is 17.6 Å². The molecule has 0 aliphatic heterocycles. The number of nitrogens with zero attached hydrogens (tertiary/aromatic N) is 1. The highest BCUT2D eigenvalue weighted by Crippen LogP contribution is 2.28. The number of nitrogens with one attached hydrogen (secondary N) is 1. The van der Waals surface area contributed by atoms with Gasteiger partial charge in [-0.2, -0.15) is 0 Å². The predicted molar refractivity (Wildman–Crippen MR) is 85.6 cm³/mol. The second kappa shape index (κ2) is 4.97. The highest BCUT2D eigenvalue weighted by Gasteiger charge is 2.27. The van der Waals surface area contributed by atoms with Crippen molar-refractivity contribution in [1.29, 1.82) is 0 Å². The zero-order chi connectivity index (χ0) is 14.2. The van der Waals surface area contributed by atoms with E-state index in [1.54, 1.807) is 11.3 Å². The Bertz CT molecular complexity index is 799. The van der Waals surface area contributed by atoms with Crippen LogP contribution in [-0.4, -0.2) is 10.9 Å². The molecule has 0 unspecified atom stereocenters. The third-order valence-corrected chi connectivity index (χ3v) is 4.83. The average molecular weight is 294 g/mol. The Morgan fingerprint density at radius 2 is 1.90 bits per heavy atom. The van der Waals surface area contributed by atoms with Crippen LogP contribution in [0.3, 0.4) is 0 Å². The van der Waals surface area contributed by atoms with Gasteiger partial charge in [-0.25, -0.2) is 4.98 Å². The molecular weight excluding hydrogens is 280 g/mol. The topological polar surface area (TPSA) is 42.0 Å². The summed E-state index contributed by atoms with van der Waals surface area (Å²) in [6, 6.07) is 14.2. The molecule has 1 aromatic heterocycles. The van der Waals surface area contributed by atoms with Gasteiger partial charge in [-0.15, -0.1) is 11.3 Å². The lowest BCUT2D eigenvalue weighted by Crippen LogP contribution is -2.23. The van der Waals surface area contributed by atoms with Crippen molar-refractivity contribution in [2.24, 2.45) is 5.92 Å². The summed E-state index contributed by atoms with van der Waals surface area (Å²) in [5.41, 5.74) is 6.19. The normalized spacial score (nSPS) is 14.3. The molecule has 4 heteroatoms. The van der Waals surface area contributed by atoms with Gasteiger partial charge >= 0.3 is 0 Å². The first kappa shape index (κ1) is 12.5. The standard InChI is InChI=1S/C17H14N2OS/c20-17(13-7-11-3-1-2-4-12(11)8-13)19-14-5-6-16-15(9-14)18-10-21-16/h1-6,9-10,13H,7-8H2,(H,19,20). The van der Waals surface area contributed by atoms with Gasteiger partial charge in [0.1, 0.15) is 0 Å². The van der Waals surface area contributed by atoms with Gasteiger partial charge in [-0.05, 0) is 42.2 Å². The van der Waals surface area contributed by atoms with Crippen LogP contribution in [0.1, 0.15) is 11.1 Å². The minimum absolute atomic E-state index is 0.0357.